The van der Waals surface area contributed by atoms with Crippen LogP contribution in [0.15, 0.2) is 12.2 Å². The highest BCUT2D eigenvalue weighted by atomic mass is 14.6. The van der Waals surface area contributed by atoms with E-state index in [4.69, 9.17) is 5.73 Å². The molecule has 0 saturated carbocycles. The average molecular weight is 238 g/mol. The van der Waals surface area contributed by atoms with Gasteiger partial charge in [-0.05, 0) is 39.0 Å². The Morgan fingerprint density at radius 1 is 0.824 bits per heavy atom. The lowest BCUT2D eigenvalue weighted by Crippen LogP contribution is -2.00. The molecule has 1 N–H and O–H groups in total. The maximum atomic E-state index is 7.41. The lowest BCUT2D eigenvalue weighted by atomic mass is 10.1. The molecule has 101 valence electrons. The zero-order chi connectivity index (χ0) is 12.8. The smallest absolute Gasteiger partial charge is 0.0184 e. The quantitative estimate of drug-likeness (QED) is 0.315. The minimum absolute atomic E-state index is 0.137. The van der Waals surface area contributed by atoms with E-state index in [1.54, 1.807) is 0 Å². The van der Waals surface area contributed by atoms with Crippen LogP contribution in [0.1, 0.15) is 84.5 Å². The molecule has 1 radical (unpaired) electrons. The Kier molecular flexibility index (Phi) is 13.5. The predicted octanol–water partition coefficient (Wildman–Crippen LogP) is 5.53. The SMILES string of the molecule is CCCCCC/C=C/CCCCCCC(C)[NH]. The largest absolute Gasteiger partial charge is 0.255 e. The minimum Gasteiger partial charge on any atom is -0.255 e. The summed E-state index contributed by atoms with van der Waals surface area (Å²) in [4.78, 5) is 0. The predicted molar refractivity (Wildman–Crippen MR) is 78.2 cm³/mol. The second kappa shape index (κ2) is 13.8. The Balaban J connectivity index is 3.04. The van der Waals surface area contributed by atoms with Crippen LogP contribution in [0.25, 0.3) is 0 Å². The molecule has 1 nitrogen and oxygen atoms in total. The van der Waals surface area contributed by atoms with Crippen molar-refractivity contribution in [2.45, 2.75) is 90.5 Å². The van der Waals surface area contributed by atoms with Crippen LogP contribution in [-0.2, 0) is 0 Å². The summed E-state index contributed by atoms with van der Waals surface area (Å²) in [6.07, 6.45) is 19.0. The molecule has 1 heteroatoms. The van der Waals surface area contributed by atoms with Gasteiger partial charge in [-0.3, -0.25) is 5.73 Å². The second-order valence-electron chi connectivity index (χ2n) is 5.21. The summed E-state index contributed by atoms with van der Waals surface area (Å²) in [5.41, 5.74) is 7.41. The van der Waals surface area contributed by atoms with Crippen LogP contribution in [0.4, 0.5) is 0 Å². The van der Waals surface area contributed by atoms with Gasteiger partial charge in [0.25, 0.3) is 0 Å². The molecule has 0 fully saturated rings. The summed E-state index contributed by atoms with van der Waals surface area (Å²) in [6, 6.07) is 0.137. The maximum absolute atomic E-state index is 7.41. The minimum atomic E-state index is 0.137. The monoisotopic (exact) mass is 238 g/mol. The molecule has 0 rings (SSSR count). The number of nitrogens with one attached hydrogen (secondary N) is 1. The van der Waals surface area contributed by atoms with Gasteiger partial charge in [0, 0.05) is 6.04 Å². The van der Waals surface area contributed by atoms with Crippen molar-refractivity contribution in [3.63, 3.8) is 0 Å². The summed E-state index contributed by atoms with van der Waals surface area (Å²) in [6.45, 7) is 4.25. The molecule has 0 aliphatic carbocycles. The topological polar surface area (TPSA) is 23.8 Å². The summed E-state index contributed by atoms with van der Waals surface area (Å²) in [5.74, 6) is 0. The van der Waals surface area contributed by atoms with Gasteiger partial charge in [0.2, 0.25) is 0 Å². The molecular weight excluding hydrogens is 206 g/mol. The van der Waals surface area contributed by atoms with Gasteiger partial charge in [0.1, 0.15) is 0 Å². The van der Waals surface area contributed by atoms with Crippen LogP contribution >= 0.6 is 0 Å². The highest BCUT2D eigenvalue weighted by Gasteiger charge is 1.94. The summed E-state index contributed by atoms with van der Waals surface area (Å²) in [7, 11) is 0. The molecule has 1 atom stereocenters. The normalized spacial score (nSPS) is 13.4. The number of hydrogen-bond donors (Lipinski definition) is 0. The van der Waals surface area contributed by atoms with Gasteiger partial charge in [-0.15, -0.1) is 0 Å². The number of hydrogen-bond acceptors (Lipinski definition) is 0. The Hall–Kier alpha value is -0.300. The fourth-order valence-electron chi connectivity index (χ4n) is 1.99. The first-order chi connectivity index (χ1) is 8.27. The summed E-state index contributed by atoms with van der Waals surface area (Å²) in [5, 5.41) is 0. The highest BCUT2D eigenvalue weighted by molar-refractivity contribution is 4.81. The molecule has 0 heterocycles. The molecule has 0 saturated heterocycles. The van der Waals surface area contributed by atoms with Crippen molar-refractivity contribution in [2.24, 2.45) is 0 Å². The zero-order valence-electron chi connectivity index (χ0n) is 12.0. The number of rotatable bonds is 12. The van der Waals surface area contributed by atoms with Gasteiger partial charge >= 0.3 is 0 Å². The fraction of sp³-hybridized carbons (Fsp3) is 0.875. The Morgan fingerprint density at radius 3 is 1.88 bits per heavy atom. The first-order valence-corrected chi connectivity index (χ1v) is 7.63. The van der Waals surface area contributed by atoms with Crippen molar-refractivity contribution < 1.29 is 0 Å². The lowest BCUT2D eigenvalue weighted by Gasteiger charge is -2.02. The van der Waals surface area contributed by atoms with E-state index in [2.05, 4.69) is 19.1 Å². The molecule has 0 aromatic carbocycles. The van der Waals surface area contributed by atoms with Gasteiger partial charge < -0.3 is 0 Å². The van der Waals surface area contributed by atoms with E-state index in [-0.39, 0.29) is 6.04 Å². The maximum Gasteiger partial charge on any atom is 0.0184 e. The van der Waals surface area contributed by atoms with Crippen molar-refractivity contribution in [3.05, 3.63) is 12.2 Å². The van der Waals surface area contributed by atoms with Crippen molar-refractivity contribution in [1.29, 1.82) is 0 Å². The molecule has 0 aromatic heterocycles. The van der Waals surface area contributed by atoms with E-state index in [1.807, 2.05) is 6.92 Å². The van der Waals surface area contributed by atoms with Gasteiger partial charge in [-0.25, -0.2) is 0 Å². The van der Waals surface area contributed by atoms with E-state index in [9.17, 15) is 0 Å². The molecule has 0 aliphatic heterocycles. The van der Waals surface area contributed by atoms with Crippen molar-refractivity contribution in [1.82, 2.24) is 5.73 Å². The summed E-state index contributed by atoms with van der Waals surface area (Å²) < 4.78 is 0. The van der Waals surface area contributed by atoms with E-state index in [0.29, 0.717) is 0 Å². The van der Waals surface area contributed by atoms with Gasteiger partial charge in [-0.1, -0.05) is 57.6 Å². The van der Waals surface area contributed by atoms with E-state index < -0.39 is 0 Å². The van der Waals surface area contributed by atoms with E-state index in [1.165, 1.54) is 64.2 Å². The third-order valence-electron chi connectivity index (χ3n) is 3.15. The molecule has 1 unspecified atom stereocenters. The molecule has 0 aromatic rings. The third kappa shape index (κ3) is 15.7. The molecule has 0 bridgehead atoms. The number of allylic oxidation sites excluding steroid dienone is 2. The summed E-state index contributed by atoms with van der Waals surface area (Å²) >= 11 is 0. The molecule has 0 aliphatic rings. The van der Waals surface area contributed by atoms with Crippen LogP contribution < -0.4 is 5.73 Å². The Bertz CT molecular complexity index is 161. The van der Waals surface area contributed by atoms with Gasteiger partial charge in [0.15, 0.2) is 0 Å². The fourth-order valence-corrected chi connectivity index (χ4v) is 1.99. The zero-order valence-corrected chi connectivity index (χ0v) is 12.0. The van der Waals surface area contributed by atoms with Crippen LogP contribution in [-0.4, -0.2) is 6.04 Å². The van der Waals surface area contributed by atoms with Crippen LogP contribution in [0.5, 0.6) is 0 Å². The van der Waals surface area contributed by atoms with Crippen molar-refractivity contribution in [3.8, 4) is 0 Å². The van der Waals surface area contributed by atoms with Gasteiger partial charge in [-0.2, -0.15) is 0 Å². The third-order valence-corrected chi connectivity index (χ3v) is 3.15. The first-order valence-electron chi connectivity index (χ1n) is 7.63. The number of unbranched alkanes of at least 4 members (excludes halogenated alkanes) is 8. The average Bonchev–Trinajstić information content (AvgIpc) is 2.30. The van der Waals surface area contributed by atoms with Crippen LogP contribution in [0, 0.1) is 0 Å². The second-order valence-corrected chi connectivity index (χ2v) is 5.21. The van der Waals surface area contributed by atoms with Crippen LogP contribution in [0.2, 0.25) is 0 Å². The molecule has 0 amide bonds. The molecule has 0 spiro atoms. The molecule has 17 heavy (non-hydrogen) atoms. The van der Waals surface area contributed by atoms with Crippen molar-refractivity contribution in [2.75, 3.05) is 0 Å². The first kappa shape index (κ1) is 16.7. The van der Waals surface area contributed by atoms with Crippen LogP contribution in [0.3, 0.4) is 0 Å². The highest BCUT2D eigenvalue weighted by Crippen LogP contribution is 2.08. The Labute approximate surface area is 109 Å². The Morgan fingerprint density at radius 2 is 1.35 bits per heavy atom. The molecular formula is C16H32N. The lowest BCUT2D eigenvalue weighted by molar-refractivity contribution is 0.559. The van der Waals surface area contributed by atoms with E-state index >= 15 is 0 Å². The van der Waals surface area contributed by atoms with Gasteiger partial charge in [0.05, 0.1) is 0 Å². The standard InChI is InChI=1S/C16H32N/c1-3-4-5-6-7-8-9-10-11-12-13-14-15-16(2)17/h8-9,16-17H,3-7,10-15H2,1-2H3/b9-8+. The van der Waals surface area contributed by atoms with E-state index in [0.717, 1.165) is 6.42 Å². The van der Waals surface area contributed by atoms with Crippen molar-refractivity contribution >= 4 is 0 Å².